The number of nitrogens with zero attached hydrogens (tertiary/aromatic N) is 2. The molecule has 2 aromatic carbocycles. The van der Waals surface area contributed by atoms with Crippen LogP contribution in [-0.2, 0) is 0 Å². The van der Waals surface area contributed by atoms with Crippen molar-refractivity contribution < 1.29 is 4.74 Å². The third-order valence-electron chi connectivity index (χ3n) is 4.23. The maximum Gasteiger partial charge on any atom is 0.191 e. The van der Waals surface area contributed by atoms with Crippen molar-refractivity contribution in [3.63, 3.8) is 0 Å². The molecule has 0 saturated carbocycles. The van der Waals surface area contributed by atoms with E-state index in [0.717, 1.165) is 28.3 Å². The zero-order valence-corrected chi connectivity index (χ0v) is 15.3. The average Bonchev–Trinajstić information content (AvgIpc) is 2.73. The van der Waals surface area contributed by atoms with Crippen molar-refractivity contribution in [3.8, 4) is 5.75 Å². The van der Waals surface area contributed by atoms with E-state index in [4.69, 9.17) is 17.0 Å². The largest absolute Gasteiger partial charge is 0.485 e. The fourth-order valence-electron chi connectivity index (χ4n) is 2.96. The Hall–Kier alpha value is -3.25. The number of para-hydroxylation sites is 1. The molecule has 6 heteroatoms. The minimum absolute atomic E-state index is 0.0819. The van der Waals surface area contributed by atoms with Crippen molar-refractivity contribution in [1.82, 2.24) is 10.4 Å². The Bertz CT molecular complexity index is 960. The topological polar surface area (TPSA) is 58.5 Å². The molecule has 134 valence electrons. The molecule has 27 heavy (non-hydrogen) atoms. The Morgan fingerprint density at radius 2 is 1.85 bits per heavy atom. The second kappa shape index (κ2) is 7.97. The van der Waals surface area contributed by atoms with Crippen LogP contribution in [0.4, 0.5) is 5.69 Å². The molecule has 0 bridgehead atoms. The Morgan fingerprint density at radius 1 is 1.04 bits per heavy atom. The van der Waals surface area contributed by atoms with Crippen LogP contribution in [0, 0.1) is 0 Å². The van der Waals surface area contributed by atoms with Gasteiger partial charge in [0.05, 0.1) is 17.6 Å². The number of hydrogen-bond donors (Lipinski definition) is 2. The van der Waals surface area contributed by atoms with E-state index in [1.807, 2.05) is 54.6 Å². The summed E-state index contributed by atoms with van der Waals surface area (Å²) in [7, 11) is 0. The first kappa shape index (κ1) is 17.2. The molecule has 0 fully saturated rings. The van der Waals surface area contributed by atoms with E-state index in [1.54, 1.807) is 12.4 Å². The standard InChI is InChI=1S/C21H18N4OS/c27-21(23-16-9-6-12-22-14-16)25-24-18-13-20(15-7-2-1-3-8-15)26-19-11-5-4-10-17(18)19/h1-12,14,20H,13H2,(H2,23,25,27)/b24-18-. The molecule has 1 unspecified atom stereocenters. The number of pyridine rings is 1. The van der Waals surface area contributed by atoms with Crippen LogP contribution in [-0.4, -0.2) is 15.8 Å². The summed E-state index contributed by atoms with van der Waals surface area (Å²) in [4.78, 5) is 4.06. The molecule has 0 spiro atoms. The highest BCUT2D eigenvalue weighted by molar-refractivity contribution is 7.80. The Kier molecular flexibility index (Phi) is 5.07. The lowest BCUT2D eigenvalue weighted by Gasteiger charge is -2.27. The van der Waals surface area contributed by atoms with E-state index in [9.17, 15) is 0 Å². The monoisotopic (exact) mass is 374 g/mol. The lowest BCUT2D eigenvalue weighted by molar-refractivity contribution is 0.206. The minimum atomic E-state index is -0.0819. The van der Waals surface area contributed by atoms with Gasteiger partial charge in [-0.05, 0) is 42.0 Å². The van der Waals surface area contributed by atoms with Crippen molar-refractivity contribution >= 4 is 28.7 Å². The normalized spacial score (nSPS) is 16.9. The van der Waals surface area contributed by atoms with E-state index in [1.165, 1.54) is 0 Å². The van der Waals surface area contributed by atoms with Crippen LogP contribution in [0.1, 0.15) is 23.7 Å². The highest BCUT2D eigenvalue weighted by Crippen LogP contribution is 2.34. The smallest absolute Gasteiger partial charge is 0.191 e. The number of nitrogens with one attached hydrogen (secondary N) is 2. The number of benzene rings is 2. The fraction of sp³-hybridized carbons (Fsp3) is 0.0952. The first-order chi connectivity index (χ1) is 13.3. The van der Waals surface area contributed by atoms with Crippen LogP contribution in [0.5, 0.6) is 5.75 Å². The Morgan fingerprint density at radius 3 is 2.67 bits per heavy atom. The molecule has 1 aliphatic heterocycles. The predicted molar refractivity (Wildman–Crippen MR) is 111 cm³/mol. The van der Waals surface area contributed by atoms with Crippen LogP contribution >= 0.6 is 12.2 Å². The zero-order valence-electron chi connectivity index (χ0n) is 14.5. The molecule has 5 nitrogen and oxygen atoms in total. The second-order valence-corrected chi connectivity index (χ2v) is 6.49. The van der Waals surface area contributed by atoms with Crippen LogP contribution in [0.2, 0.25) is 0 Å². The third kappa shape index (κ3) is 4.12. The summed E-state index contributed by atoms with van der Waals surface area (Å²) in [5.74, 6) is 0.823. The van der Waals surface area contributed by atoms with Crippen molar-refractivity contribution in [1.29, 1.82) is 0 Å². The number of hydrogen-bond acceptors (Lipinski definition) is 4. The number of fused-ring (bicyclic) bond motifs is 1. The zero-order chi connectivity index (χ0) is 18.5. The highest BCUT2D eigenvalue weighted by Gasteiger charge is 2.26. The fourth-order valence-corrected chi connectivity index (χ4v) is 3.13. The molecule has 2 heterocycles. The lowest BCUT2D eigenvalue weighted by atomic mass is 9.96. The first-order valence-electron chi connectivity index (χ1n) is 8.64. The molecule has 4 rings (SSSR count). The maximum atomic E-state index is 6.19. The van der Waals surface area contributed by atoms with Crippen molar-refractivity contribution in [2.75, 3.05) is 5.32 Å². The van der Waals surface area contributed by atoms with E-state index in [0.29, 0.717) is 11.5 Å². The summed E-state index contributed by atoms with van der Waals surface area (Å²) in [5, 5.41) is 8.04. The molecular formula is C21H18N4OS. The summed E-state index contributed by atoms with van der Waals surface area (Å²) in [5.41, 5.74) is 6.75. The minimum Gasteiger partial charge on any atom is -0.485 e. The lowest BCUT2D eigenvalue weighted by Crippen LogP contribution is -2.28. The van der Waals surface area contributed by atoms with Gasteiger partial charge in [-0.15, -0.1) is 0 Å². The SMILES string of the molecule is S=C(N/N=C1/CC(c2ccccc2)Oc2ccccc21)Nc1cccnc1. The molecular weight excluding hydrogens is 356 g/mol. The molecule has 0 amide bonds. The quantitative estimate of drug-likeness (QED) is 0.529. The third-order valence-corrected chi connectivity index (χ3v) is 4.42. The van der Waals surface area contributed by atoms with Gasteiger partial charge < -0.3 is 10.1 Å². The summed E-state index contributed by atoms with van der Waals surface area (Å²) < 4.78 is 6.19. The van der Waals surface area contributed by atoms with Gasteiger partial charge in [-0.2, -0.15) is 5.10 Å². The average molecular weight is 374 g/mol. The van der Waals surface area contributed by atoms with Crippen molar-refractivity contribution in [2.45, 2.75) is 12.5 Å². The van der Waals surface area contributed by atoms with Gasteiger partial charge in [0.2, 0.25) is 0 Å². The number of hydrazone groups is 1. The van der Waals surface area contributed by atoms with Gasteiger partial charge in [0, 0.05) is 18.2 Å². The molecule has 1 aromatic heterocycles. The van der Waals surface area contributed by atoms with Gasteiger partial charge in [0.15, 0.2) is 5.11 Å². The van der Waals surface area contributed by atoms with E-state index in [-0.39, 0.29) is 6.10 Å². The van der Waals surface area contributed by atoms with Crippen molar-refractivity contribution in [3.05, 3.63) is 90.3 Å². The number of aromatic nitrogens is 1. The highest BCUT2D eigenvalue weighted by atomic mass is 32.1. The summed E-state index contributed by atoms with van der Waals surface area (Å²) in [6, 6.07) is 21.8. The maximum absolute atomic E-state index is 6.19. The van der Waals surface area contributed by atoms with Gasteiger partial charge in [-0.1, -0.05) is 42.5 Å². The molecule has 1 atom stereocenters. The Balaban J connectivity index is 1.54. The van der Waals surface area contributed by atoms with Crippen LogP contribution in [0.25, 0.3) is 0 Å². The number of thiocarbonyl (C=S) groups is 1. The molecule has 0 radical (unpaired) electrons. The van der Waals surface area contributed by atoms with E-state index in [2.05, 4.69) is 33.0 Å². The molecule has 1 aliphatic rings. The van der Waals surface area contributed by atoms with Gasteiger partial charge in [-0.25, -0.2) is 0 Å². The predicted octanol–water partition coefficient (Wildman–Crippen LogP) is 4.30. The first-order valence-corrected chi connectivity index (χ1v) is 9.05. The van der Waals surface area contributed by atoms with Crippen LogP contribution in [0.15, 0.2) is 84.2 Å². The van der Waals surface area contributed by atoms with Gasteiger partial charge in [-0.3, -0.25) is 10.4 Å². The molecule has 3 aromatic rings. The molecule has 2 N–H and O–H groups in total. The van der Waals surface area contributed by atoms with Crippen LogP contribution < -0.4 is 15.5 Å². The molecule has 0 saturated heterocycles. The molecule has 0 aliphatic carbocycles. The second-order valence-electron chi connectivity index (χ2n) is 6.08. The van der Waals surface area contributed by atoms with E-state index >= 15 is 0 Å². The van der Waals surface area contributed by atoms with Crippen molar-refractivity contribution in [2.24, 2.45) is 5.10 Å². The summed E-state index contributed by atoms with van der Waals surface area (Å²) in [6.45, 7) is 0. The Labute approximate surface area is 163 Å². The van der Waals surface area contributed by atoms with E-state index < -0.39 is 0 Å². The van der Waals surface area contributed by atoms with Gasteiger partial charge in [0.1, 0.15) is 11.9 Å². The van der Waals surface area contributed by atoms with Gasteiger partial charge in [0.25, 0.3) is 0 Å². The van der Waals surface area contributed by atoms with Crippen LogP contribution in [0.3, 0.4) is 0 Å². The van der Waals surface area contributed by atoms with Gasteiger partial charge >= 0.3 is 0 Å². The number of anilines is 1. The number of ether oxygens (including phenoxy) is 1. The number of rotatable bonds is 3. The summed E-state index contributed by atoms with van der Waals surface area (Å²) in [6.07, 6.45) is 3.99. The summed E-state index contributed by atoms with van der Waals surface area (Å²) >= 11 is 5.34.